The minimum absolute atomic E-state index is 0.145. The van der Waals surface area contributed by atoms with Gasteiger partial charge in [0.1, 0.15) is 6.04 Å². The quantitative estimate of drug-likeness (QED) is 0.391. The maximum absolute atomic E-state index is 12.7. The van der Waals surface area contributed by atoms with Crippen molar-refractivity contribution in [2.75, 3.05) is 6.61 Å². The Balaban J connectivity index is 2.12. The van der Waals surface area contributed by atoms with Crippen molar-refractivity contribution in [1.82, 2.24) is 4.90 Å². The molecule has 0 aromatic carbocycles. The number of rotatable bonds is 8. The second-order valence-electron chi connectivity index (χ2n) is 6.72. The highest BCUT2D eigenvalue weighted by Crippen LogP contribution is 2.39. The van der Waals surface area contributed by atoms with Crippen molar-refractivity contribution in [2.45, 2.75) is 77.7 Å². The van der Waals surface area contributed by atoms with Crippen molar-refractivity contribution in [3.8, 4) is 0 Å². The minimum Gasteiger partial charge on any atom is -0.464 e. The maximum atomic E-state index is 12.7. The van der Waals surface area contributed by atoms with E-state index in [2.05, 4.69) is 0 Å². The topological polar surface area (TPSA) is 63.7 Å². The Labute approximate surface area is 138 Å². The molecule has 0 radical (unpaired) electrons. The molecule has 2 fully saturated rings. The lowest BCUT2D eigenvalue weighted by atomic mass is 9.81. The predicted molar refractivity (Wildman–Crippen MR) is 86.5 cm³/mol. The fraction of sp³-hybridized carbons (Fsp3) is 0.833. The lowest BCUT2D eigenvalue weighted by molar-refractivity contribution is -0.159. The average molecular weight is 323 g/mol. The van der Waals surface area contributed by atoms with Crippen molar-refractivity contribution in [3.05, 3.63) is 0 Å². The Bertz CT molecular complexity index is 424. The zero-order valence-electron chi connectivity index (χ0n) is 14.4. The van der Waals surface area contributed by atoms with Gasteiger partial charge in [-0.1, -0.05) is 46.0 Å². The lowest BCUT2D eigenvalue weighted by Crippen LogP contribution is -2.46. The summed E-state index contributed by atoms with van der Waals surface area (Å²) < 4.78 is 5.32. The van der Waals surface area contributed by atoms with Gasteiger partial charge in [-0.2, -0.15) is 0 Å². The van der Waals surface area contributed by atoms with E-state index in [1.54, 1.807) is 0 Å². The minimum atomic E-state index is -0.725. The molecule has 5 heteroatoms. The van der Waals surface area contributed by atoms with Gasteiger partial charge in [0, 0.05) is 0 Å². The van der Waals surface area contributed by atoms with Gasteiger partial charge in [-0.25, -0.2) is 4.79 Å². The van der Waals surface area contributed by atoms with Gasteiger partial charge in [0.15, 0.2) is 0 Å². The number of unbranched alkanes of at least 4 members (excludes halogenated alkanes) is 2. The molecule has 1 aliphatic heterocycles. The van der Waals surface area contributed by atoms with Gasteiger partial charge in [-0.15, -0.1) is 0 Å². The molecule has 2 aliphatic rings. The summed E-state index contributed by atoms with van der Waals surface area (Å²) in [6, 6.07) is -0.725. The molecule has 3 atom stereocenters. The third-order valence-electron chi connectivity index (χ3n) is 5.03. The van der Waals surface area contributed by atoms with Crippen molar-refractivity contribution in [1.29, 1.82) is 0 Å². The zero-order valence-corrected chi connectivity index (χ0v) is 14.4. The average Bonchev–Trinajstić information content (AvgIpc) is 2.81. The molecular formula is C18H29NO4. The van der Waals surface area contributed by atoms with Gasteiger partial charge in [-0.3, -0.25) is 14.5 Å². The van der Waals surface area contributed by atoms with Crippen LogP contribution in [0.1, 0.15) is 71.6 Å². The third kappa shape index (κ3) is 3.93. The smallest absolute Gasteiger partial charge is 0.329 e. The molecule has 1 aliphatic carbocycles. The number of carbonyl (C=O) groups is 3. The summed E-state index contributed by atoms with van der Waals surface area (Å²) in [5.74, 6) is -1.11. The summed E-state index contributed by atoms with van der Waals surface area (Å²) in [6.07, 6.45) is 7.52. The van der Waals surface area contributed by atoms with Gasteiger partial charge in [0.25, 0.3) is 0 Å². The van der Waals surface area contributed by atoms with E-state index in [0.29, 0.717) is 13.0 Å². The number of amides is 2. The van der Waals surface area contributed by atoms with Gasteiger partial charge in [-0.05, 0) is 25.7 Å². The number of hydrogen-bond donors (Lipinski definition) is 0. The van der Waals surface area contributed by atoms with Crippen molar-refractivity contribution in [2.24, 2.45) is 11.8 Å². The third-order valence-corrected chi connectivity index (χ3v) is 5.03. The molecule has 2 amide bonds. The van der Waals surface area contributed by atoms with Crippen LogP contribution in [0.4, 0.5) is 0 Å². The number of esters is 1. The monoisotopic (exact) mass is 323 g/mol. The van der Waals surface area contributed by atoms with Crippen molar-refractivity contribution in [3.63, 3.8) is 0 Å². The first kappa shape index (κ1) is 18.0. The zero-order chi connectivity index (χ0) is 16.8. The molecular weight excluding hydrogens is 294 g/mol. The Morgan fingerprint density at radius 1 is 1.09 bits per heavy atom. The van der Waals surface area contributed by atoms with Gasteiger partial charge >= 0.3 is 5.97 Å². The maximum Gasteiger partial charge on any atom is 0.329 e. The standard InChI is InChI=1S/C18H29NO4/c1-3-5-11-15(18(22)23-12-6-4-2)19-16(20)13-9-7-8-10-14(13)17(19)21/h13-15H,3-12H2,1-2H3. The van der Waals surface area contributed by atoms with Gasteiger partial charge < -0.3 is 4.74 Å². The van der Waals surface area contributed by atoms with Gasteiger partial charge in [0.2, 0.25) is 11.8 Å². The van der Waals surface area contributed by atoms with Crippen LogP contribution in [0.25, 0.3) is 0 Å². The van der Waals surface area contributed by atoms with E-state index >= 15 is 0 Å². The van der Waals surface area contributed by atoms with Crippen molar-refractivity contribution < 1.29 is 19.1 Å². The van der Waals surface area contributed by atoms with E-state index < -0.39 is 12.0 Å². The van der Waals surface area contributed by atoms with Crippen LogP contribution >= 0.6 is 0 Å². The highest BCUT2D eigenvalue weighted by molar-refractivity contribution is 6.07. The molecule has 0 bridgehead atoms. The number of likely N-dealkylation sites (tertiary alicyclic amines) is 1. The number of ether oxygens (including phenoxy) is 1. The Hall–Kier alpha value is -1.39. The molecule has 130 valence electrons. The number of imide groups is 1. The summed E-state index contributed by atoms with van der Waals surface area (Å²) in [7, 11) is 0. The van der Waals surface area contributed by atoms with Crippen LogP contribution in [0.3, 0.4) is 0 Å². The van der Waals surface area contributed by atoms with Crippen LogP contribution < -0.4 is 0 Å². The summed E-state index contributed by atoms with van der Waals surface area (Å²) in [4.78, 5) is 39.1. The summed E-state index contributed by atoms with van der Waals surface area (Å²) in [5, 5.41) is 0. The highest BCUT2D eigenvalue weighted by Gasteiger charge is 2.51. The van der Waals surface area contributed by atoms with E-state index in [1.807, 2.05) is 13.8 Å². The van der Waals surface area contributed by atoms with Gasteiger partial charge in [0.05, 0.1) is 18.4 Å². The first-order valence-electron chi connectivity index (χ1n) is 9.15. The summed E-state index contributed by atoms with van der Waals surface area (Å²) in [6.45, 7) is 4.43. The first-order chi connectivity index (χ1) is 11.1. The Morgan fingerprint density at radius 3 is 2.17 bits per heavy atom. The van der Waals surface area contributed by atoms with E-state index in [1.165, 1.54) is 4.90 Å². The van der Waals surface area contributed by atoms with Crippen LogP contribution in [0.2, 0.25) is 0 Å². The molecule has 0 aromatic rings. The second-order valence-corrected chi connectivity index (χ2v) is 6.72. The first-order valence-corrected chi connectivity index (χ1v) is 9.15. The number of hydrogen-bond acceptors (Lipinski definition) is 4. The molecule has 5 nitrogen and oxygen atoms in total. The largest absolute Gasteiger partial charge is 0.464 e. The van der Waals surface area contributed by atoms with Crippen LogP contribution in [0.5, 0.6) is 0 Å². The molecule has 0 spiro atoms. The molecule has 1 saturated carbocycles. The molecule has 1 heterocycles. The number of carbonyl (C=O) groups excluding carboxylic acids is 3. The van der Waals surface area contributed by atoms with E-state index in [0.717, 1.165) is 51.4 Å². The summed E-state index contributed by atoms with van der Waals surface area (Å²) in [5.41, 5.74) is 0. The molecule has 23 heavy (non-hydrogen) atoms. The normalized spacial score (nSPS) is 25.4. The van der Waals surface area contributed by atoms with Crippen LogP contribution in [-0.2, 0) is 19.1 Å². The van der Waals surface area contributed by atoms with E-state index in [9.17, 15) is 14.4 Å². The van der Waals surface area contributed by atoms with Crippen LogP contribution in [0.15, 0.2) is 0 Å². The molecule has 2 rings (SSSR count). The fourth-order valence-corrected chi connectivity index (χ4v) is 3.66. The highest BCUT2D eigenvalue weighted by atomic mass is 16.5. The lowest BCUT2D eigenvalue weighted by Gasteiger charge is -2.25. The van der Waals surface area contributed by atoms with Crippen LogP contribution in [-0.4, -0.2) is 35.3 Å². The summed E-state index contributed by atoms with van der Waals surface area (Å²) >= 11 is 0. The molecule has 1 saturated heterocycles. The Morgan fingerprint density at radius 2 is 1.65 bits per heavy atom. The predicted octanol–water partition coefficient (Wildman–Crippen LogP) is 3.06. The molecule has 3 unspecified atom stereocenters. The Kier molecular flexibility index (Phi) is 6.60. The van der Waals surface area contributed by atoms with Crippen molar-refractivity contribution >= 4 is 17.8 Å². The van der Waals surface area contributed by atoms with Crippen LogP contribution in [0, 0.1) is 11.8 Å². The molecule has 0 N–H and O–H groups in total. The van der Waals surface area contributed by atoms with E-state index in [-0.39, 0.29) is 23.7 Å². The SMILES string of the molecule is CCCCOC(=O)C(CCCC)N1C(=O)C2CCCCC2C1=O. The fourth-order valence-electron chi connectivity index (χ4n) is 3.66. The number of fused-ring (bicyclic) bond motifs is 1. The molecule has 0 aromatic heterocycles. The number of nitrogens with zero attached hydrogens (tertiary/aromatic N) is 1. The van der Waals surface area contributed by atoms with E-state index in [4.69, 9.17) is 4.74 Å². The second kappa shape index (κ2) is 8.46.